The van der Waals surface area contributed by atoms with Gasteiger partial charge >= 0.3 is 0 Å². The molecule has 3 N–H and O–H groups in total. The normalized spacial score (nSPS) is 15.3. The van der Waals surface area contributed by atoms with E-state index in [-0.39, 0.29) is 23.1 Å². The van der Waals surface area contributed by atoms with Crippen molar-refractivity contribution in [2.75, 3.05) is 7.11 Å². The maximum Gasteiger partial charge on any atom is 0.241 e. The Morgan fingerprint density at radius 3 is 2.67 bits per heavy atom. The van der Waals surface area contributed by atoms with E-state index in [0.717, 1.165) is 12.8 Å². The van der Waals surface area contributed by atoms with Crippen LogP contribution in [0.15, 0.2) is 23.1 Å². The molecule has 0 unspecified atom stereocenters. The van der Waals surface area contributed by atoms with Crippen molar-refractivity contribution in [1.29, 1.82) is 0 Å². The zero-order chi connectivity index (χ0) is 15.5. The summed E-state index contributed by atoms with van der Waals surface area (Å²) in [5.74, 6) is 0.690. The number of hydrogen-bond acceptors (Lipinski definition) is 4. The molecule has 0 saturated heterocycles. The number of benzene rings is 1. The Labute approximate surface area is 124 Å². The lowest BCUT2D eigenvalue weighted by Gasteiger charge is -2.24. The van der Waals surface area contributed by atoms with E-state index in [9.17, 15) is 13.2 Å². The van der Waals surface area contributed by atoms with Crippen LogP contribution in [-0.2, 0) is 21.4 Å². The van der Waals surface area contributed by atoms with E-state index in [1.165, 1.54) is 25.7 Å². The highest BCUT2D eigenvalue weighted by atomic mass is 32.2. The number of carbonyl (C=O) groups excluding carboxylic acids is 1. The van der Waals surface area contributed by atoms with Crippen LogP contribution in [0.4, 0.5) is 0 Å². The number of carbonyl (C=O) groups is 1. The molecular formula is C14H20N2O4S. The molecule has 0 spiro atoms. The molecular weight excluding hydrogens is 292 g/mol. The fraction of sp³-hybridized carbons (Fsp3) is 0.500. The molecule has 0 bridgehead atoms. The van der Waals surface area contributed by atoms with Gasteiger partial charge in [-0.05, 0) is 36.5 Å². The van der Waals surface area contributed by atoms with E-state index in [2.05, 4.69) is 5.32 Å². The first-order valence-corrected chi connectivity index (χ1v) is 8.41. The smallest absolute Gasteiger partial charge is 0.241 e. The third kappa shape index (κ3) is 4.18. The standard InChI is InChI=1S/C14H20N2O4S/c1-20-12-6-5-11(7-13(12)21(15,18)19)9-16-14(17)8-10-3-2-4-10/h5-7,10H,2-4,8-9H2,1H3,(H,16,17)(H2,15,18,19). The van der Waals surface area contributed by atoms with Crippen molar-refractivity contribution in [2.24, 2.45) is 11.1 Å². The minimum absolute atomic E-state index is 0.00678. The largest absolute Gasteiger partial charge is 0.495 e. The van der Waals surface area contributed by atoms with E-state index < -0.39 is 10.0 Å². The lowest BCUT2D eigenvalue weighted by Crippen LogP contribution is -2.27. The van der Waals surface area contributed by atoms with Crippen LogP contribution < -0.4 is 15.2 Å². The van der Waals surface area contributed by atoms with Gasteiger partial charge in [-0.25, -0.2) is 13.6 Å². The van der Waals surface area contributed by atoms with Crippen molar-refractivity contribution in [1.82, 2.24) is 5.32 Å². The zero-order valence-electron chi connectivity index (χ0n) is 12.0. The molecule has 1 aromatic rings. The summed E-state index contributed by atoms with van der Waals surface area (Å²) >= 11 is 0. The second kappa shape index (κ2) is 6.44. The van der Waals surface area contributed by atoms with Gasteiger partial charge in [0.05, 0.1) is 7.11 Å². The Bertz CT molecular complexity index is 624. The summed E-state index contributed by atoms with van der Waals surface area (Å²) in [7, 11) is -2.48. The Morgan fingerprint density at radius 1 is 1.43 bits per heavy atom. The molecule has 116 valence electrons. The number of primary sulfonamides is 1. The second-order valence-corrected chi connectivity index (χ2v) is 6.84. The molecule has 1 fully saturated rings. The Balaban J connectivity index is 2.01. The van der Waals surface area contributed by atoms with Crippen molar-refractivity contribution in [3.63, 3.8) is 0 Å². The first-order chi connectivity index (χ1) is 9.90. The highest BCUT2D eigenvalue weighted by Crippen LogP contribution is 2.29. The van der Waals surface area contributed by atoms with Gasteiger partial charge in [-0.2, -0.15) is 0 Å². The van der Waals surface area contributed by atoms with Crippen LogP contribution in [-0.4, -0.2) is 21.4 Å². The van der Waals surface area contributed by atoms with E-state index in [1.54, 1.807) is 6.07 Å². The fourth-order valence-electron chi connectivity index (χ4n) is 2.29. The SMILES string of the molecule is COc1ccc(CNC(=O)CC2CCC2)cc1S(N)(=O)=O. The van der Waals surface area contributed by atoms with Crippen LogP contribution in [0.5, 0.6) is 5.75 Å². The highest BCUT2D eigenvalue weighted by molar-refractivity contribution is 7.89. The molecule has 0 atom stereocenters. The van der Waals surface area contributed by atoms with Crippen LogP contribution in [0.1, 0.15) is 31.2 Å². The minimum atomic E-state index is -3.86. The van der Waals surface area contributed by atoms with Crippen molar-refractivity contribution < 1.29 is 17.9 Å². The third-order valence-electron chi connectivity index (χ3n) is 3.72. The maximum atomic E-state index is 11.7. The fourth-order valence-corrected chi connectivity index (χ4v) is 3.03. The van der Waals surface area contributed by atoms with Gasteiger partial charge < -0.3 is 10.1 Å². The number of hydrogen-bond donors (Lipinski definition) is 2. The molecule has 2 rings (SSSR count). The highest BCUT2D eigenvalue weighted by Gasteiger charge is 2.20. The summed E-state index contributed by atoms with van der Waals surface area (Å²) < 4.78 is 28.0. The first-order valence-electron chi connectivity index (χ1n) is 6.86. The molecule has 0 radical (unpaired) electrons. The zero-order valence-corrected chi connectivity index (χ0v) is 12.8. The average Bonchev–Trinajstić information content (AvgIpc) is 2.39. The maximum absolute atomic E-state index is 11.7. The van der Waals surface area contributed by atoms with E-state index >= 15 is 0 Å². The second-order valence-electron chi connectivity index (χ2n) is 5.31. The van der Waals surface area contributed by atoms with E-state index in [0.29, 0.717) is 17.9 Å². The molecule has 1 amide bonds. The van der Waals surface area contributed by atoms with Gasteiger partial charge in [0.2, 0.25) is 15.9 Å². The summed E-state index contributed by atoms with van der Waals surface area (Å²) in [6, 6.07) is 4.67. The van der Waals surface area contributed by atoms with Crippen LogP contribution in [0, 0.1) is 5.92 Å². The lowest BCUT2D eigenvalue weighted by atomic mass is 9.83. The quantitative estimate of drug-likeness (QED) is 0.823. The number of ether oxygens (including phenoxy) is 1. The van der Waals surface area contributed by atoms with Gasteiger partial charge in [0.1, 0.15) is 10.6 Å². The van der Waals surface area contributed by atoms with Crippen molar-refractivity contribution >= 4 is 15.9 Å². The summed E-state index contributed by atoms with van der Waals surface area (Å²) in [5.41, 5.74) is 0.668. The van der Waals surface area contributed by atoms with E-state index in [4.69, 9.17) is 9.88 Å². The number of rotatable bonds is 6. The summed E-state index contributed by atoms with van der Waals surface area (Å²) in [6.07, 6.45) is 3.98. The molecule has 0 aliphatic heterocycles. The monoisotopic (exact) mass is 312 g/mol. The minimum Gasteiger partial charge on any atom is -0.495 e. The van der Waals surface area contributed by atoms with Crippen molar-refractivity contribution in [2.45, 2.75) is 37.1 Å². The molecule has 0 heterocycles. The Kier molecular flexibility index (Phi) is 4.84. The topological polar surface area (TPSA) is 98.5 Å². The summed E-state index contributed by atoms with van der Waals surface area (Å²) in [6.45, 7) is 0.276. The van der Waals surface area contributed by atoms with Gasteiger partial charge in [0.15, 0.2) is 0 Å². The molecule has 1 saturated carbocycles. The van der Waals surface area contributed by atoms with Crippen molar-refractivity contribution in [3.05, 3.63) is 23.8 Å². The van der Waals surface area contributed by atoms with Gasteiger partial charge in [0, 0.05) is 13.0 Å². The van der Waals surface area contributed by atoms with Gasteiger partial charge in [0.25, 0.3) is 0 Å². The van der Waals surface area contributed by atoms with Gasteiger partial charge in [-0.3, -0.25) is 4.79 Å². The molecule has 7 heteroatoms. The molecule has 1 aliphatic rings. The van der Waals surface area contributed by atoms with Gasteiger partial charge in [-0.15, -0.1) is 0 Å². The number of nitrogens with two attached hydrogens (primary N) is 1. The van der Waals surface area contributed by atoms with Crippen LogP contribution in [0.25, 0.3) is 0 Å². The predicted octanol–water partition coefficient (Wildman–Crippen LogP) is 1.15. The summed E-state index contributed by atoms with van der Waals surface area (Å²) in [4.78, 5) is 11.7. The van der Waals surface area contributed by atoms with Crippen LogP contribution >= 0.6 is 0 Å². The van der Waals surface area contributed by atoms with Crippen LogP contribution in [0.3, 0.4) is 0 Å². The van der Waals surface area contributed by atoms with Gasteiger partial charge in [-0.1, -0.05) is 12.5 Å². The molecule has 0 aromatic heterocycles. The number of sulfonamides is 1. The Hall–Kier alpha value is -1.60. The van der Waals surface area contributed by atoms with Crippen LogP contribution in [0.2, 0.25) is 0 Å². The molecule has 1 aromatic carbocycles. The van der Waals surface area contributed by atoms with E-state index in [1.807, 2.05) is 0 Å². The molecule has 21 heavy (non-hydrogen) atoms. The predicted molar refractivity (Wildman–Crippen MR) is 78.2 cm³/mol. The first kappa shape index (κ1) is 15.8. The summed E-state index contributed by atoms with van der Waals surface area (Å²) in [5, 5.41) is 7.95. The number of amides is 1. The third-order valence-corrected chi connectivity index (χ3v) is 4.66. The average molecular weight is 312 g/mol. The lowest BCUT2D eigenvalue weighted by molar-refractivity contribution is -0.122. The Morgan fingerprint density at radius 2 is 2.14 bits per heavy atom. The number of methoxy groups -OCH3 is 1. The number of nitrogens with one attached hydrogen (secondary N) is 1. The molecule has 6 nitrogen and oxygen atoms in total. The van der Waals surface area contributed by atoms with Crippen molar-refractivity contribution in [3.8, 4) is 5.75 Å². The molecule has 1 aliphatic carbocycles.